The predicted octanol–water partition coefficient (Wildman–Crippen LogP) is 3.69. The monoisotopic (exact) mass is 330 g/mol. The number of halogens is 2. The van der Waals surface area contributed by atoms with Gasteiger partial charge in [0, 0.05) is 6.54 Å². The van der Waals surface area contributed by atoms with Gasteiger partial charge in [-0.3, -0.25) is 4.90 Å². The predicted molar refractivity (Wildman–Crippen MR) is 89.7 cm³/mol. The minimum Gasteiger partial charge on any atom is -0.489 e. The molecule has 0 saturated carbocycles. The fraction of sp³-hybridized carbons (Fsp3) is 0.625. The molecule has 2 rings (SSSR count). The van der Waals surface area contributed by atoms with Crippen molar-refractivity contribution < 1.29 is 4.74 Å². The summed E-state index contributed by atoms with van der Waals surface area (Å²) >= 11 is 12.2. The highest BCUT2D eigenvalue weighted by Gasteiger charge is 2.18. The average Bonchev–Trinajstić information content (AvgIpc) is 2.49. The summed E-state index contributed by atoms with van der Waals surface area (Å²) in [4.78, 5) is 2.45. The highest BCUT2D eigenvalue weighted by molar-refractivity contribution is 6.37. The molecule has 5 heteroatoms. The number of hydrogen-bond acceptors (Lipinski definition) is 3. The number of piperidine rings is 1. The minimum atomic E-state index is 0.576. The zero-order valence-corrected chi connectivity index (χ0v) is 14.1. The standard InChI is InChI=1S/C16H24Cl2N2O/c1-2-19-12-13-6-8-20(9-7-13)10-11-21-16-14(17)4-3-5-15(16)18/h3-5,13,19H,2,6-12H2,1H3. The largest absolute Gasteiger partial charge is 0.489 e. The molecule has 1 aromatic carbocycles. The number of rotatable bonds is 7. The Hall–Kier alpha value is -0.480. The maximum atomic E-state index is 6.09. The van der Waals surface area contributed by atoms with Crippen LogP contribution in [-0.4, -0.2) is 44.2 Å². The smallest absolute Gasteiger partial charge is 0.156 e. The van der Waals surface area contributed by atoms with E-state index in [9.17, 15) is 0 Å². The van der Waals surface area contributed by atoms with E-state index in [1.807, 2.05) is 6.07 Å². The highest BCUT2D eigenvalue weighted by Crippen LogP contribution is 2.32. The summed E-state index contributed by atoms with van der Waals surface area (Å²) in [6.45, 7) is 8.22. The summed E-state index contributed by atoms with van der Waals surface area (Å²) < 4.78 is 5.74. The average molecular weight is 331 g/mol. The number of ether oxygens (including phenoxy) is 1. The van der Waals surface area contributed by atoms with Crippen molar-refractivity contribution >= 4 is 23.2 Å². The van der Waals surface area contributed by atoms with E-state index in [-0.39, 0.29) is 0 Å². The molecule has 3 nitrogen and oxygen atoms in total. The number of nitrogens with one attached hydrogen (secondary N) is 1. The first-order valence-electron chi connectivity index (χ1n) is 7.70. The first kappa shape index (κ1) is 16.9. The van der Waals surface area contributed by atoms with Crippen LogP contribution in [0, 0.1) is 5.92 Å². The van der Waals surface area contributed by atoms with E-state index in [2.05, 4.69) is 17.1 Å². The molecule has 118 valence electrons. The number of benzene rings is 1. The van der Waals surface area contributed by atoms with Crippen LogP contribution < -0.4 is 10.1 Å². The number of likely N-dealkylation sites (tertiary alicyclic amines) is 1. The Balaban J connectivity index is 1.68. The quantitative estimate of drug-likeness (QED) is 0.825. The van der Waals surface area contributed by atoms with Gasteiger partial charge in [-0.1, -0.05) is 36.2 Å². The van der Waals surface area contributed by atoms with Gasteiger partial charge in [0.1, 0.15) is 6.61 Å². The number of para-hydroxylation sites is 1. The molecule has 0 amide bonds. The molecular weight excluding hydrogens is 307 g/mol. The van der Waals surface area contributed by atoms with Gasteiger partial charge in [-0.25, -0.2) is 0 Å². The molecule has 1 heterocycles. The van der Waals surface area contributed by atoms with Crippen molar-refractivity contribution in [1.82, 2.24) is 10.2 Å². The topological polar surface area (TPSA) is 24.5 Å². The van der Waals surface area contributed by atoms with E-state index < -0.39 is 0 Å². The second-order valence-electron chi connectivity index (χ2n) is 5.49. The van der Waals surface area contributed by atoms with Gasteiger partial charge in [-0.05, 0) is 57.1 Å². The van der Waals surface area contributed by atoms with Gasteiger partial charge >= 0.3 is 0 Å². The zero-order valence-electron chi connectivity index (χ0n) is 12.6. The third-order valence-corrected chi connectivity index (χ3v) is 4.56. The van der Waals surface area contributed by atoms with Crippen molar-refractivity contribution in [2.45, 2.75) is 19.8 Å². The Labute approximate surface area is 137 Å². The van der Waals surface area contributed by atoms with Crippen LogP contribution in [0.25, 0.3) is 0 Å². The van der Waals surface area contributed by atoms with E-state index in [1.54, 1.807) is 12.1 Å². The van der Waals surface area contributed by atoms with Crippen LogP contribution in [0.15, 0.2) is 18.2 Å². The molecular formula is C16H24Cl2N2O. The van der Waals surface area contributed by atoms with Gasteiger partial charge in [-0.2, -0.15) is 0 Å². The summed E-state index contributed by atoms with van der Waals surface area (Å²) in [5.41, 5.74) is 0. The molecule has 0 aliphatic carbocycles. The van der Waals surface area contributed by atoms with Crippen molar-refractivity contribution in [3.8, 4) is 5.75 Å². The van der Waals surface area contributed by atoms with Gasteiger partial charge in [0.05, 0.1) is 10.0 Å². The van der Waals surface area contributed by atoms with Crippen molar-refractivity contribution in [1.29, 1.82) is 0 Å². The Morgan fingerprint density at radius 2 is 1.90 bits per heavy atom. The SMILES string of the molecule is CCNCC1CCN(CCOc2c(Cl)cccc2Cl)CC1. The fourth-order valence-electron chi connectivity index (χ4n) is 2.66. The Kier molecular flexibility index (Phi) is 7.11. The maximum Gasteiger partial charge on any atom is 0.156 e. The van der Waals surface area contributed by atoms with Gasteiger partial charge in [0.25, 0.3) is 0 Å². The molecule has 1 saturated heterocycles. The lowest BCUT2D eigenvalue weighted by Gasteiger charge is -2.31. The molecule has 1 fully saturated rings. The fourth-order valence-corrected chi connectivity index (χ4v) is 3.17. The van der Waals surface area contributed by atoms with Gasteiger partial charge in [0.15, 0.2) is 5.75 Å². The lowest BCUT2D eigenvalue weighted by Crippen LogP contribution is -2.39. The molecule has 0 radical (unpaired) electrons. The van der Waals surface area contributed by atoms with Gasteiger partial charge in [0.2, 0.25) is 0 Å². The molecule has 1 aliphatic rings. The molecule has 1 aliphatic heterocycles. The molecule has 0 aromatic heterocycles. The van der Waals surface area contributed by atoms with Crippen LogP contribution in [0.5, 0.6) is 5.75 Å². The minimum absolute atomic E-state index is 0.576. The van der Waals surface area contributed by atoms with Crippen molar-refractivity contribution in [3.63, 3.8) is 0 Å². The van der Waals surface area contributed by atoms with Crippen molar-refractivity contribution in [2.24, 2.45) is 5.92 Å². The summed E-state index contributed by atoms with van der Waals surface area (Å²) in [6, 6.07) is 5.43. The third-order valence-electron chi connectivity index (χ3n) is 3.96. The number of hydrogen-bond donors (Lipinski definition) is 1. The first-order chi connectivity index (χ1) is 10.2. The second kappa shape index (κ2) is 8.84. The van der Waals surface area contributed by atoms with Crippen LogP contribution in [-0.2, 0) is 0 Å². The lowest BCUT2D eigenvalue weighted by atomic mass is 9.97. The lowest BCUT2D eigenvalue weighted by molar-refractivity contribution is 0.154. The summed E-state index contributed by atoms with van der Waals surface area (Å²) in [6.07, 6.45) is 2.53. The summed E-state index contributed by atoms with van der Waals surface area (Å²) in [7, 11) is 0. The maximum absolute atomic E-state index is 6.09. The highest BCUT2D eigenvalue weighted by atomic mass is 35.5. The van der Waals surface area contributed by atoms with Gasteiger partial charge in [-0.15, -0.1) is 0 Å². The summed E-state index contributed by atoms with van der Waals surface area (Å²) in [5, 5.41) is 4.59. The molecule has 0 bridgehead atoms. The van der Waals surface area contributed by atoms with E-state index in [0.29, 0.717) is 22.4 Å². The van der Waals surface area contributed by atoms with Crippen molar-refractivity contribution in [2.75, 3.05) is 39.3 Å². The van der Waals surface area contributed by atoms with Crippen LogP contribution in [0.1, 0.15) is 19.8 Å². The summed E-state index contributed by atoms with van der Waals surface area (Å²) in [5.74, 6) is 1.42. The van der Waals surface area contributed by atoms with Crippen LogP contribution in [0.2, 0.25) is 10.0 Å². The van der Waals surface area contributed by atoms with E-state index in [0.717, 1.165) is 38.6 Å². The molecule has 1 aromatic rings. The zero-order chi connectivity index (χ0) is 15.1. The molecule has 0 atom stereocenters. The Bertz CT molecular complexity index is 414. The van der Waals surface area contributed by atoms with Crippen molar-refractivity contribution in [3.05, 3.63) is 28.2 Å². The van der Waals surface area contributed by atoms with E-state index in [1.165, 1.54) is 12.8 Å². The normalized spacial score (nSPS) is 17.1. The molecule has 0 spiro atoms. The van der Waals surface area contributed by atoms with Crippen LogP contribution in [0.3, 0.4) is 0 Å². The number of nitrogens with zero attached hydrogens (tertiary/aromatic N) is 1. The molecule has 1 N–H and O–H groups in total. The Morgan fingerprint density at radius 3 is 2.52 bits per heavy atom. The van der Waals surface area contributed by atoms with E-state index >= 15 is 0 Å². The second-order valence-corrected chi connectivity index (χ2v) is 6.31. The Morgan fingerprint density at radius 1 is 1.24 bits per heavy atom. The first-order valence-corrected chi connectivity index (χ1v) is 8.46. The van der Waals surface area contributed by atoms with Crippen LogP contribution in [0.4, 0.5) is 0 Å². The molecule has 0 unspecified atom stereocenters. The molecule has 21 heavy (non-hydrogen) atoms. The van der Waals surface area contributed by atoms with E-state index in [4.69, 9.17) is 27.9 Å². The third kappa shape index (κ3) is 5.33. The van der Waals surface area contributed by atoms with Gasteiger partial charge < -0.3 is 10.1 Å². The van der Waals surface area contributed by atoms with Crippen LogP contribution >= 0.6 is 23.2 Å².